The largest absolute Gasteiger partial charge is 0.451 e. The van der Waals surface area contributed by atoms with Gasteiger partial charge in [-0.2, -0.15) is 0 Å². The Balaban J connectivity index is 2.07. The number of likely N-dealkylation sites (N-methyl/N-ethyl adjacent to an activating group) is 1. The van der Waals surface area contributed by atoms with Gasteiger partial charge in [-0.05, 0) is 19.1 Å². The molecule has 2 aromatic rings. The van der Waals surface area contributed by atoms with E-state index in [1.54, 1.807) is 19.1 Å². The second kappa shape index (κ2) is 5.95. The summed E-state index contributed by atoms with van der Waals surface area (Å²) >= 11 is 0. The first-order valence-corrected chi connectivity index (χ1v) is 6.00. The standard InChI is InChI=1S/C14H14N2O3/c1-2-15-13(17)9-19-14(18)12-8-7-10-5-3-4-6-11(10)16-12/h3-8H,2,9H2,1H3,(H,15,17). The van der Waals surface area contributed by atoms with E-state index in [0.717, 1.165) is 10.9 Å². The molecule has 0 radical (unpaired) electrons. The first kappa shape index (κ1) is 13.0. The number of benzene rings is 1. The number of nitrogens with zero attached hydrogens (tertiary/aromatic N) is 1. The summed E-state index contributed by atoms with van der Waals surface area (Å²) in [4.78, 5) is 27.1. The van der Waals surface area contributed by atoms with Crippen LogP contribution in [-0.2, 0) is 9.53 Å². The average molecular weight is 258 g/mol. The number of hydrogen-bond donors (Lipinski definition) is 1. The summed E-state index contributed by atoms with van der Waals surface area (Å²) in [6.45, 7) is 2.01. The third-order valence-corrected chi connectivity index (χ3v) is 2.52. The molecule has 2 rings (SSSR count). The SMILES string of the molecule is CCNC(=O)COC(=O)c1ccc2ccccc2n1. The number of aromatic nitrogens is 1. The molecule has 0 saturated heterocycles. The van der Waals surface area contributed by atoms with Crippen LogP contribution in [0.1, 0.15) is 17.4 Å². The van der Waals surface area contributed by atoms with Crippen LogP contribution >= 0.6 is 0 Å². The van der Waals surface area contributed by atoms with E-state index in [-0.39, 0.29) is 18.2 Å². The summed E-state index contributed by atoms with van der Waals surface area (Å²) < 4.78 is 4.88. The molecule has 0 fully saturated rings. The molecule has 5 nitrogen and oxygen atoms in total. The lowest BCUT2D eigenvalue weighted by atomic mass is 10.2. The Morgan fingerprint density at radius 2 is 2.00 bits per heavy atom. The molecule has 0 spiro atoms. The monoisotopic (exact) mass is 258 g/mol. The van der Waals surface area contributed by atoms with Crippen LogP contribution in [0.4, 0.5) is 0 Å². The summed E-state index contributed by atoms with van der Waals surface area (Å²) in [6.07, 6.45) is 0. The lowest BCUT2D eigenvalue weighted by molar-refractivity contribution is -0.124. The smallest absolute Gasteiger partial charge is 0.357 e. The number of carbonyl (C=O) groups is 2. The second-order valence-electron chi connectivity index (χ2n) is 3.92. The highest BCUT2D eigenvalue weighted by atomic mass is 16.5. The molecule has 5 heteroatoms. The van der Waals surface area contributed by atoms with Gasteiger partial charge in [0.1, 0.15) is 5.69 Å². The summed E-state index contributed by atoms with van der Waals surface area (Å²) in [5, 5.41) is 3.49. The van der Waals surface area contributed by atoms with Crippen molar-refractivity contribution < 1.29 is 14.3 Å². The van der Waals surface area contributed by atoms with Crippen molar-refractivity contribution in [2.45, 2.75) is 6.92 Å². The second-order valence-corrected chi connectivity index (χ2v) is 3.92. The first-order valence-electron chi connectivity index (χ1n) is 6.00. The number of esters is 1. The zero-order valence-corrected chi connectivity index (χ0v) is 10.6. The van der Waals surface area contributed by atoms with E-state index in [2.05, 4.69) is 10.3 Å². The maximum absolute atomic E-state index is 11.7. The maximum Gasteiger partial charge on any atom is 0.357 e. The fourth-order valence-electron chi connectivity index (χ4n) is 1.63. The first-order chi connectivity index (χ1) is 9.20. The number of hydrogen-bond acceptors (Lipinski definition) is 4. The molecular weight excluding hydrogens is 244 g/mol. The van der Waals surface area contributed by atoms with Crippen molar-refractivity contribution in [3.8, 4) is 0 Å². The molecule has 0 aliphatic rings. The minimum atomic E-state index is -0.600. The van der Waals surface area contributed by atoms with Crippen molar-refractivity contribution in [3.63, 3.8) is 0 Å². The lowest BCUT2D eigenvalue weighted by Crippen LogP contribution is -2.28. The number of nitrogens with one attached hydrogen (secondary N) is 1. The van der Waals surface area contributed by atoms with E-state index < -0.39 is 5.97 Å². The van der Waals surface area contributed by atoms with Crippen LogP contribution < -0.4 is 5.32 Å². The van der Waals surface area contributed by atoms with E-state index in [0.29, 0.717) is 6.54 Å². The zero-order valence-electron chi connectivity index (χ0n) is 10.6. The van der Waals surface area contributed by atoms with Crippen molar-refractivity contribution in [1.82, 2.24) is 10.3 Å². The van der Waals surface area contributed by atoms with Gasteiger partial charge in [0.25, 0.3) is 5.91 Å². The fraction of sp³-hybridized carbons (Fsp3) is 0.214. The van der Waals surface area contributed by atoms with Crippen molar-refractivity contribution in [3.05, 3.63) is 42.1 Å². The Bertz CT molecular complexity index is 610. The predicted molar refractivity (Wildman–Crippen MR) is 70.7 cm³/mol. The summed E-state index contributed by atoms with van der Waals surface area (Å²) in [6, 6.07) is 10.9. The van der Waals surface area contributed by atoms with Gasteiger partial charge in [-0.3, -0.25) is 4.79 Å². The van der Waals surface area contributed by atoms with Crippen LogP contribution in [0.15, 0.2) is 36.4 Å². The molecule has 1 aromatic carbocycles. The van der Waals surface area contributed by atoms with Gasteiger partial charge in [-0.15, -0.1) is 0 Å². The Morgan fingerprint density at radius 3 is 2.79 bits per heavy atom. The normalized spacial score (nSPS) is 10.2. The Hall–Kier alpha value is -2.43. The van der Waals surface area contributed by atoms with Crippen molar-refractivity contribution >= 4 is 22.8 Å². The number of para-hydroxylation sites is 1. The van der Waals surface area contributed by atoms with E-state index in [9.17, 15) is 9.59 Å². The summed E-state index contributed by atoms with van der Waals surface area (Å²) in [5.41, 5.74) is 0.915. The van der Waals surface area contributed by atoms with Gasteiger partial charge in [-0.25, -0.2) is 9.78 Å². The highest BCUT2D eigenvalue weighted by molar-refractivity contribution is 5.92. The van der Waals surface area contributed by atoms with Crippen LogP contribution in [-0.4, -0.2) is 30.0 Å². The molecule has 0 aliphatic carbocycles. The number of amides is 1. The molecule has 0 bridgehead atoms. The van der Waals surface area contributed by atoms with Crippen LogP contribution in [0.5, 0.6) is 0 Å². The van der Waals surface area contributed by atoms with E-state index in [1.807, 2.05) is 24.3 Å². The predicted octanol–water partition coefficient (Wildman–Crippen LogP) is 1.53. The van der Waals surface area contributed by atoms with Crippen LogP contribution in [0.25, 0.3) is 10.9 Å². The van der Waals surface area contributed by atoms with Crippen molar-refractivity contribution in [2.24, 2.45) is 0 Å². The molecule has 0 atom stereocenters. The van der Waals surface area contributed by atoms with Crippen LogP contribution in [0, 0.1) is 0 Å². The Morgan fingerprint density at radius 1 is 1.21 bits per heavy atom. The highest BCUT2D eigenvalue weighted by Crippen LogP contribution is 2.12. The molecule has 0 unspecified atom stereocenters. The number of rotatable bonds is 4. The van der Waals surface area contributed by atoms with E-state index in [1.165, 1.54) is 0 Å². The van der Waals surface area contributed by atoms with Gasteiger partial charge in [-0.1, -0.05) is 24.3 Å². The van der Waals surface area contributed by atoms with Gasteiger partial charge >= 0.3 is 5.97 Å². The van der Waals surface area contributed by atoms with Gasteiger partial charge in [0.2, 0.25) is 0 Å². The summed E-state index contributed by atoms with van der Waals surface area (Å²) in [5.74, 6) is -0.923. The number of pyridine rings is 1. The Labute approximate surface area is 110 Å². The minimum absolute atomic E-state index is 0.197. The Kier molecular flexibility index (Phi) is 4.07. The molecule has 0 aliphatic heterocycles. The molecule has 1 heterocycles. The number of carbonyl (C=O) groups excluding carboxylic acids is 2. The number of ether oxygens (including phenoxy) is 1. The third kappa shape index (κ3) is 3.28. The van der Waals surface area contributed by atoms with Crippen molar-refractivity contribution in [1.29, 1.82) is 0 Å². The fourth-order valence-corrected chi connectivity index (χ4v) is 1.63. The van der Waals surface area contributed by atoms with Gasteiger partial charge < -0.3 is 10.1 Å². The highest BCUT2D eigenvalue weighted by Gasteiger charge is 2.11. The van der Waals surface area contributed by atoms with Crippen LogP contribution in [0.2, 0.25) is 0 Å². The van der Waals surface area contributed by atoms with E-state index in [4.69, 9.17) is 4.74 Å². The molecule has 19 heavy (non-hydrogen) atoms. The third-order valence-electron chi connectivity index (χ3n) is 2.52. The topological polar surface area (TPSA) is 68.3 Å². The lowest BCUT2D eigenvalue weighted by Gasteiger charge is -2.05. The quantitative estimate of drug-likeness (QED) is 0.844. The van der Waals surface area contributed by atoms with E-state index >= 15 is 0 Å². The zero-order chi connectivity index (χ0) is 13.7. The molecular formula is C14H14N2O3. The van der Waals surface area contributed by atoms with Gasteiger partial charge in [0, 0.05) is 11.9 Å². The number of fused-ring (bicyclic) bond motifs is 1. The summed E-state index contributed by atoms with van der Waals surface area (Å²) in [7, 11) is 0. The minimum Gasteiger partial charge on any atom is -0.451 e. The van der Waals surface area contributed by atoms with Crippen molar-refractivity contribution in [2.75, 3.05) is 13.2 Å². The average Bonchev–Trinajstić information content (AvgIpc) is 2.44. The molecule has 1 aromatic heterocycles. The van der Waals surface area contributed by atoms with Crippen LogP contribution in [0.3, 0.4) is 0 Å². The molecule has 98 valence electrons. The molecule has 0 saturated carbocycles. The van der Waals surface area contributed by atoms with Gasteiger partial charge in [0.15, 0.2) is 6.61 Å². The maximum atomic E-state index is 11.7. The van der Waals surface area contributed by atoms with Gasteiger partial charge in [0.05, 0.1) is 5.52 Å². The molecule has 1 amide bonds. The molecule has 1 N–H and O–H groups in total.